The fourth-order valence-electron chi connectivity index (χ4n) is 1.23. The van der Waals surface area contributed by atoms with E-state index < -0.39 is 5.60 Å². The van der Waals surface area contributed by atoms with Gasteiger partial charge in [-0.15, -0.1) is 0 Å². The molecule has 72 valence electrons. The van der Waals surface area contributed by atoms with Crippen molar-refractivity contribution in [2.75, 3.05) is 13.2 Å². The van der Waals surface area contributed by atoms with Crippen LogP contribution in [0.5, 0.6) is 0 Å². The van der Waals surface area contributed by atoms with Crippen molar-refractivity contribution >= 4 is 0 Å². The van der Waals surface area contributed by atoms with Gasteiger partial charge in [-0.3, -0.25) is 0 Å². The Hall–Kier alpha value is -0.120. The normalized spacial score (nSPS) is 37.2. The fourth-order valence-corrected chi connectivity index (χ4v) is 1.23. The molecule has 1 N–H and O–H groups in total. The summed E-state index contributed by atoms with van der Waals surface area (Å²) < 4.78 is 10.8. The number of ether oxygens (including phenoxy) is 2. The molecule has 2 atom stereocenters. The van der Waals surface area contributed by atoms with Gasteiger partial charge in [0.2, 0.25) is 0 Å². The summed E-state index contributed by atoms with van der Waals surface area (Å²) in [5, 5.41) is 9.77. The first kappa shape index (κ1) is 9.96. The van der Waals surface area contributed by atoms with Gasteiger partial charge in [-0.25, -0.2) is 0 Å². The Labute approximate surface area is 73.7 Å². The van der Waals surface area contributed by atoms with Crippen LogP contribution in [0.4, 0.5) is 0 Å². The van der Waals surface area contributed by atoms with Gasteiger partial charge in [-0.05, 0) is 27.7 Å². The van der Waals surface area contributed by atoms with Gasteiger partial charge in [-0.1, -0.05) is 0 Å². The molecule has 0 aromatic carbocycles. The maximum atomic E-state index is 9.77. The minimum Gasteiger partial charge on any atom is -0.385 e. The number of aliphatic hydroxyl groups is 1. The molecule has 1 heterocycles. The molecule has 1 aliphatic rings. The first-order chi connectivity index (χ1) is 5.31. The molecule has 0 amide bonds. The van der Waals surface area contributed by atoms with Crippen molar-refractivity contribution in [3.05, 3.63) is 0 Å². The monoisotopic (exact) mass is 174 g/mol. The zero-order valence-corrected chi connectivity index (χ0v) is 8.26. The van der Waals surface area contributed by atoms with Crippen molar-refractivity contribution in [2.24, 2.45) is 0 Å². The van der Waals surface area contributed by atoms with Gasteiger partial charge in [0, 0.05) is 0 Å². The summed E-state index contributed by atoms with van der Waals surface area (Å²) in [5.41, 5.74) is -1.05. The van der Waals surface area contributed by atoms with Crippen LogP contribution in [0.25, 0.3) is 0 Å². The molecule has 12 heavy (non-hydrogen) atoms. The molecule has 0 aromatic rings. The average molecular weight is 174 g/mol. The maximum Gasteiger partial charge on any atom is 0.113 e. The predicted octanol–water partition coefficient (Wildman–Crippen LogP) is 0.951. The average Bonchev–Trinajstić information content (AvgIpc) is 2.07. The van der Waals surface area contributed by atoms with E-state index in [1.807, 2.05) is 20.8 Å². The highest BCUT2D eigenvalue weighted by atomic mass is 16.6. The second-order valence-electron chi connectivity index (χ2n) is 4.59. The Morgan fingerprint density at radius 2 is 2.08 bits per heavy atom. The Balaban J connectivity index is 2.53. The lowest BCUT2D eigenvalue weighted by Gasteiger charge is -2.30. The van der Waals surface area contributed by atoms with Crippen LogP contribution in [-0.4, -0.2) is 35.6 Å². The summed E-state index contributed by atoms with van der Waals surface area (Å²) in [7, 11) is 0. The van der Waals surface area contributed by atoms with Gasteiger partial charge in [0.15, 0.2) is 0 Å². The van der Waals surface area contributed by atoms with Crippen LogP contribution in [0.2, 0.25) is 0 Å². The highest BCUT2D eigenvalue weighted by Gasteiger charge is 2.40. The molecular formula is C9H18O3. The quantitative estimate of drug-likeness (QED) is 0.643. The zero-order valence-electron chi connectivity index (χ0n) is 8.26. The van der Waals surface area contributed by atoms with Gasteiger partial charge in [0.25, 0.3) is 0 Å². The number of rotatable bonds is 1. The Kier molecular flexibility index (Phi) is 2.47. The van der Waals surface area contributed by atoms with Gasteiger partial charge >= 0.3 is 0 Å². The van der Waals surface area contributed by atoms with E-state index in [1.54, 1.807) is 6.92 Å². The van der Waals surface area contributed by atoms with E-state index in [0.29, 0.717) is 13.2 Å². The highest BCUT2D eigenvalue weighted by Crippen LogP contribution is 2.25. The van der Waals surface area contributed by atoms with Crippen LogP contribution < -0.4 is 0 Å². The lowest BCUT2D eigenvalue weighted by Crippen LogP contribution is -2.43. The molecule has 1 fully saturated rings. The van der Waals surface area contributed by atoms with Gasteiger partial charge < -0.3 is 14.6 Å². The molecular weight excluding hydrogens is 156 g/mol. The molecule has 0 aliphatic carbocycles. The van der Waals surface area contributed by atoms with Crippen LogP contribution in [0.3, 0.4) is 0 Å². The summed E-state index contributed by atoms with van der Waals surface area (Å²) in [6.07, 6.45) is -0.197. The fraction of sp³-hybridized carbons (Fsp3) is 1.00. The molecule has 1 saturated heterocycles. The second-order valence-corrected chi connectivity index (χ2v) is 4.59. The van der Waals surface area contributed by atoms with E-state index in [1.165, 1.54) is 0 Å². The SMILES string of the molecule is CC(C)(C)OC1COCC1(C)O. The standard InChI is InChI=1S/C9H18O3/c1-8(2,3)12-7-5-11-6-9(7,4)10/h7,10H,5-6H2,1-4H3. The molecule has 1 aliphatic heterocycles. The number of hydrogen-bond donors (Lipinski definition) is 1. The summed E-state index contributed by atoms with van der Waals surface area (Å²) in [6, 6.07) is 0. The van der Waals surface area contributed by atoms with E-state index in [9.17, 15) is 5.11 Å². The lowest BCUT2D eigenvalue weighted by molar-refractivity contribution is -0.127. The molecule has 3 nitrogen and oxygen atoms in total. The molecule has 1 rings (SSSR count). The highest BCUT2D eigenvalue weighted by molar-refractivity contribution is 4.89. The smallest absolute Gasteiger partial charge is 0.113 e. The number of hydrogen-bond acceptors (Lipinski definition) is 3. The van der Waals surface area contributed by atoms with Crippen LogP contribution in [0.1, 0.15) is 27.7 Å². The van der Waals surface area contributed by atoms with E-state index >= 15 is 0 Å². The van der Waals surface area contributed by atoms with Crippen molar-refractivity contribution in [1.82, 2.24) is 0 Å². The van der Waals surface area contributed by atoms with Gasteiger partial charge in [0.1, 0.15) is 11.7 Å². The third-order valence-corrected chi connectivity index (χ3v) is 1.85. The van der Waals surface area contributed by atoms with Crippen LogP contribution in [0, 0.1) is 0 Å². The Morgan fingerprint density at radius 1 is 1.50 bits per heavy atom. The van der Waals surface area contributed by atoms with E-state index in [0.717, 1.165) is 0 Å². The van der Waals surface area contributed by atoms with Gasteiger partial charge in [0.05, 0.1) is 18.8 Å². The maximum absolute atomic E-state index is 9.77. The van der Waals surface area contributed by atoms with E-state index in [2.05, 4.69) is 0 Å². The molecule has 0 aromatic heterocycles. The van der Waals surface area contributed by atoms with Crippen molar-refractivity contribution in [2.45, 2.75) is 45.0 Å². The minimum atomic E-state index is -0.826. The Morgan fingerprint density at radius 3 is 2.42 bits per heavy atom. The minimum absolute atomic E-state index is 0.197. The molecule has 0 radical (unpaired) electrons. The topological polar surface area (TPSA) is 38.7 Å². The van der Waals surface area contributed by atoms with Crippen LogP contribution in [0.15, 0.2) is 0 Å². The first-order valence-corrected chi connectivity index (χ1v) is 4.29. The van der Waals surface area contributed by atoms with Crippen LogP contribution in [-0.2, 0) is 9.47 Å². The van der Waals surface area contributed by atoms with Crippen molar-refractivity contribution in [1.29, 1.82) is 0 Å². The predicted molar refractivity (Wildman–Crippen MR) is 46.1 cm³/mol. The summed E-state index contributed by atoms with van der Waals surface area (Å²) in [4.78, 5) is 0. The Bertz CT molecular complexity index is 158. The third-order valence-electron chi connectivity index (χ3n) is 1.85. The molecule has 0 bridgehead atoms. The molecule has 2 unspecified atom stereocenters. The molecule has 0 saturated carbocycles. The van der Waals surface area contributed by atoms with E-state index in [4.69, 9.17) is 9.47 Å². The van der Waals surface area contributed by atoms with E-state index in [-0.39, 0.29) is 11.7 Å². The van der Waals surface area contributed by atoms with Gasteiger partial charge in [-0.2, -0.15) is 0 Å². The van der Waals surface area contributed by atoms with Crippen molar-refractivity contribution in [3.8, 4) is 0 Å². The zero-order chi connectivity index (χ0) is 9.41. The lowest BCUT2D eigenvalue weighted by atomic mass is 10.0. The van der Waals surface area contributed by atoms with Crippen molar-refractivity contribution in [3.63, 3.8) is 0 Å². The summed E-state index contributed by atoms with van der Waals surface area (Å²) in [6.45, 7) is 8.53. The summed E-state index contributed by atoms with van der Waals surface area (Å²) >= 11 is 0. The first-order valence-electron chi connectivity index (χ1n) is 4.29. The summed E-state index contributed by atoms with van der Waals surface area (Å²) in [5.74, 6) is 0. The van der Waals surface area contributed by atoms with Crippen LogP contribution >= 0.6 is 0 Å². The second kappa shape index (κ2) is 2.98. The largest absolute Gasteiger partial charge is 0.385 e. The molecule has 3 heteroatoms. The third kappa shape index (κ3) is 2.44. The van der Waals surface area contributed by atoms with Crippen molar-refractivity contribution < 1.29 is 14.6 Å². The molecule has 0 spiro atoms.